The minimum Gasteiger partial charge on any atom is -0.481 e. The van der Waals surface area contributed by atoms with Crippen LogP contribution in [0.4, 0.5) is 0 Å². The predicted molar refractivity (Wildman–Crippen MR) is 64.8 cm³/mol. The summed E-state index contributed by atoms with van der Waals surface area (Å²) in [4.78, 5) is 22.7. The molecule has 102 valence electrons. The predicted octanol–water partition coefficient (Wildman–Crippen LogP) is 0.468. The number of nitrogens with zero attached hydrogens (tertiary/aromatic N) is 2. The van der Waals surface area contributed by atoms with Crippen LogP contribution in [0.5, 0.6) is 5.88 Å². The van der Waals surface area contributed by atoms with E-state index in [2.05, 4.69) is 15.5 Å². The van der Waals surface area contributed by atoms with E-state index in [-0.39, 0.29) is 23.6 Å². The summed E-state index contributed by atoms with van der Waals surface area (Å²) in [6, 6.07) is 2.96. The van der Waals surface area contributed by atoms with E-state index in [0.717, 1.165) is 0 Å². The van der Waals surface area contributed by atoms with Crippen LogP contribution >= 0.6 is 0 Å². The van der Waals surface area contributed by atoms with Crippen LogP contribution in [0, 0.1) is 5.92 Å². The molecule has 7 nitrogen and oxygen atoms in total. The van der Waals surface area contributed by atoms with Gasteiger partial charge in [-0.2, -0.15) is 0 Å². The van der Waals surface area contributed by atoms with Crippen molar-refractivity contribution in [3.63, 3.8) is 0 Å². The van der Waals surface area contributed by atoms with Crippen molar-refractivity contribution in [2.75, 3.05) is 7.11 Å². The first-order valence-electron chi connectivity index (χ1n) is 6.01. The van der Waals surface area contributed by atoms with Crippen LogP contribution < -0.4 is 10.1 Å². The van der Waals surface area contributed by atoms with Gasteiger partial charge in [0.15, 0.2) is 5.69 Å². The Bertz CT molecular complexity index is 474. The lowest BCUT2D eigenvalue weighted by Gasteiger charge is -2.11. The fourth-order valence-electron chi connectivity index (χ4n) is 2.15. The number of nitrogens with one attached hydrogen (secondary N) is 1. The van der Waals surface area contributed by atoms with Gasteiger partial charge in [-0.25, -0.2) is 0 Å². The van der Waals surface area contributed by atoms with Gasteiger partial charge < -0.3 is 15.2 Å². The number of hydrogen-bond acceptors (Lipinski definition) is 5. The smallest absolute Gasteiger partial charge is 0.306 e. The Hall–Kier alpha value is -2.18. The minimum atomic E-state index is -0.805. The van der Waals surface area contributed by atoms with Crippen LogP contribution in [0.25, 0.3) is 0 Å². The van der Waals surface area contributed by atoms with Gasteiger partial charge in [0.2, 0.25) is 5.88 Å². The number of carbonyl (C=O) groups is 2. The molecule has 0 unspecified atom stereocenters. The number of hydrogen-bond donors (Lipinski definition) is 2. The summed E-state index contributed by atoms with van der Waals surface area (Å²) >= 11 is 0. The Labute approximate surface area is 110 Å². The zero-order chi connectivity index (χ0) is 13.8. The molecule has 0 bridgehead atoms. The summed E-state index contributed by atoms with van der Waals surface area (Å²) in [5.74, 6) is -1.18. The van der Waals surface area contributed by atoms with E-state index >= 15 is 0 Å². The van der Waals surface area contributed by atoms with Gasteiger partial charge in [0.25, 0.3) is 5.91 Å². The second-order valence-corrected chi connectivity index (χ2v) is 4.48. The number of aromatic nitrogens is 2. The van der Waals surface area contributed by atoms with Gasteiger partial charge in [0.1, 0.15) is 0 Å². The van der Waals surface area contributed by atoms with Crippen molar-refractivity contribution in [2.24, 2.45) is 5.92 Å². The number of carbonyl (C=O) groups excluding carboxylic acids is 1. The molecule has 19 heavy (non-hydrogen) atoms. The molecule has 1 aromatic rings. The molecule has 1 aromatic heterocycles. The van der Waals surface area contributed by atoms with Gasteiger partial charge in [-0.05, 0) is 25.3 Å². The third-order valence-electron chi connectivity index (χ3n) is 3.20. The molecule has 1 aliphatic carbocycles. The van der Waals surface area contributed by atoms with Crippen LogP contribution in [-0.4, -0.2) is 40.3 Å². The van der Waals surface area contributed by atoms with Crippen molar-refractivity contribution in [2.45, 2.75) is 25.3 Å². The lowest BCUT2D eigenvalue weighted by atomic mass is 10.1. The second-order valence-electron chi connectivity index (χ2n) is 4.48. The third-order valence-corrected chi connectivity index (χ3v) is 3.20. The van der Waals surface area contributed by atoms with Crippen LogP contribution in [0.2, 0.25) is 0 Å². The maximum Gasteiger partial charge on any atom is 0.306 e. The van der Waals surface area contributed by atoms with E-state index in [4.69, 9.17) is 9.84 Å². The maximum absolute atomic E-state index is 11.9. The van der Waals surface area contributed by atoms with Gasteiger partial charge >= 0.3 is 5.97 Å². The summed E-state index contributed by atoms with van der Waals surface area (Å²) in [6.07, 6.45) is 1.73. The molecular formula is C12H15N3O4. The molecule has 0 radical (unpaired) electrons. The molecule has 1 fully saturated rings. The second kappa shape index (κ2) is 5.64. The zero-order valence-corrected chi connectivity index (χ0v) is 10.5. The molecule has 0 saturated heterocycles. The molecule has 1 saturated carbocycles. The quantitative estimate of drug-likeness (QED) is 0.820. The number of carboxylic acids is 1. The lowest BCUT2D eigenvalue weighted by molar-refractivity contribution is -0.141. The monoisotopic (exact) mass is 265 g/mol. The van der Waals surface area contributed by atoms with Crippen molar-refractivity contribution in [1.29, 1.82) is 0 Å². The highest BCUT2D eigenvalue weighted by molar-refractivity contribution is 5.92. The van der Waals surface area contributed by atoms with Crippen molar-refractivity contribution >= 4 is 11.9 Å². The number of aliphatic carboxylic acids is 1. The van der Waals surface area contributed by atoms with E-state index < -0.39 is 5.97 Å². The summed E-state index contributed by atoms with van der Waals surface area (Å²) in [5.41, 5.74) is 0.194. The Morgan fingerprint density at radius 3 is 2.68 bits per heavy atom. The first-order valence-corrected chi connectivity index (χ1v) is 6.01. The van der Waals surface area contributed by atoms with Gasteiger partial charge in [-0.3, -0.25) is 9.59 Å². The highest BCUT2D eigenvalue weighted by Crippen LogP contribution is 2.25. The highest BCUT2D eigenvalue weighted by Gasteiger charge is 2.30. The average molecular weight is 265 g/mol. The molecule has 2 atom stereocenters. The van der Waals surface area contributed by atoms with E-state index in [1.165, 1.54) is 13.2 Å². The Kier molecular flexibility index (Phi) is 3.94. The van der Waals surface area contributed by atoms with Crippen molar-refractivity contribution < 1.29 is 19.4 Å². The number of methoxy groups -OCH3 is 1. The van der Waals surface area contributed by atoms with Crippen LogP contribution in [-0.2, 0) is 4.79 Å². The van der Waals surface area contributed by atoms with E-state index in [9.17, 15) is 9.59 Å². The van der Waals surface area contributed by atoms with Gasteiger partial charge in [0, 0.05) is 12.1 Å². The molecular weight excluding hydrogens is 250 g/mol. The normalized spacial score (nSPS) is 21.9. The van der Waals surface area contributed by atoms with Crippen LogP contribution in [0.15, 0.2) is 12.1 Å². The van der Waals surface area contributed by atoms with Gasteiger partial charge in [-0.15, -0.1) is 10.2 Å². The molecule has 2 N–H and O–H groups in total. The van der Waals surface area contributed by atoms with E-state index in [1.807, 2.05) is 0 Å². The first kappa shape index (κ1) is 13.3. The zero-order valence-electron chi connectivity index (χ0n) is 10.5. The number of amides is 1. The molecule has 1 heterocycles. The summed E-state index contributed by atoms with van der Waals surface area (Å²) in [6.45, 7) is 0. The van der Waals surface area contributed by atoms with Crippen molar-refractivity contribution in [3.05, 3.63) is 17.8 Å². The average Bonchev–Trinajstić information content (AvgIpc) is 2.87. The van der Waals surface area contributed by atoms with Crippen LogP contribution in [0.1, 0.15) is 29.8 Å². The molecule has 2 rings (SSSR count). The number of rotatable bonds is 4. The van der Waals surface area contributed by atoms with Gasteiger partial charge in [-0.1, -0.05) is 0 Å². The number of ether oxygens (including phenoxy) is 1. The van der Waals surface area contributed by atoms with Gasteiger partial charge in [0.05, 0.1) is 13.0 Å². The van der Waals surface area contributed by atoms with E-state index in [0.29, 0.717) is 25.1 Å². The fourth-order valence-corrected chi connectivity index (χ4v) is 2.15. The maximum atomic E-state index is 11.9. The Balaban J connectivity index is 1.92. The van der Waals surface area contributed by atoms with Crippen molar-refractivity contribution in [1.82, 2.24) is 15.5 Å². The molecule has 0 aromatic carbocycles. The lowest BCUT2D eigenvalue weighted by Crippen LogP contribution is -2.34. The highest BCUT2D eigenvalue weighted by atomic mass is 16.5. The summed E-state index contributed by atoms with van der Waals surface area (Å²) < 4.78 is 4.85. The SMILES string of the molecule is COc1ccc(C(=O)N[C@@H]2CC[C@H](C(=O)O)C2)nn1. The topological polar surface area (TPSA) is 101 Å². The summed E-state index contributed by atoms with van der Waals surface area (Å²) in [7, 11) is 1.47. The fraction of sp³-hybridized carbons (Fsp3) is 0.500. The van der Waals surface area contributed by atoms with Crippen LogP contribution in [0.3, 0.4) is 0 Å². The first-order chi connectivity index (χ1) is 9.10. The van der Waals surface area contributed by atoms with E-state index in [1.54, 1.807) is 6.07 Å². The molecule has 0 spiro atoms. The Morgan fingerprint density at radius 1 is 1.37 bits per heavy atom. The minimum absolute atomic E-state index is 0.113. The molecule has 7 heteroatoms. The number of carboxylic acid groups (broad SMARTS) is 1. The standard InChI is InChI=1S/C12H15N3O4/c1-19-10-5-4-9(14-15-10)11(16)13-8-3-2-7(6-8)12(17)18/h4-5,7-8H,2-3,6H2,1H3,(H,13,16)(H,17,18)/t7-,8+/m0/s1. The largest absolute Gasteiger partial charge is 0.481 e. The van der Waals surface area contributed by atoms with Crippen molar-refractivity contribution in [3.8, 4) is 5.88 Å². The molecule has 0 aliphatic heterocycles. The molecule has 1 amide bonds. The molecule has 1 aliphatic rings. The Morgan fingerprint density at radius 2 is 2.16 bits per heavy atom. The summed E-state index contributed by atoms with van der Waals surface area (Å²) in [5, 5.41) is 19.1. The third kappa shape index (κ3) is 3.18.